The molecule has 1 fully saturated rings. The van der Waals surface area contributed by atoms with Gasteiger partial charge in [-0.1, -0.05) is 31.5 Å². The molecule has 7 nitrogen and oxygen atoms in total. The molecular formula is C25H34N4O3. The molecule has 2 aliphatic heterocycles. The molecule has 1 aromatic heterocycles. The van der Waals surface area contributed by atoms with E-state index in [9.17, 15) is 9.59 Å². The lowest BCUT2D eigenvalue weighted by Gasteiger charge is -2.42. The van der Waals surface area contributed by atoms with Crippen LogP contribution in [0.5, 0.6) is 5.75 Å². The van der Waals surface area contributed by atoms with Gasteiger partial charge < -0.3 is 19.5 Å². The number of carbonyl (C=O) groups excluding carboxylic acids is 2. The van der Waals surface area contributed by atoms with Gasteiger partial charge in [-0.15, -0.1) is 0 Å². The van der Waals surface area contributed by atoms with Crippen molar-refractivity contribution in [2.24, 2.45) is 5.41 Å². The van der Waals surface area contributed by atoms with Gasteiger partial charge in [-0.3, -0.25) is 9.59 Å². The summed E-state index contributed by atoms with van der Waals surface area (Å²) in [5.41, 5.74) is 0.704. The summed E-state index contributed by atoms with van der Waals surface area (Å²) in [7, 11) is 0. The summed E-state index contributed by atoms with van der Waals surface area (Å²) in [6.45, 7) is 4.44. The van der Waals surface area contributed by atoms with Gasteiger partial charge in [0.05, 0.1) is 12.0 Å². The molecule has 1 saturated heterocycles. The molecule has 1 atom stereocenters. The van der Waals surface area contributed by atoms with Crippen LogP contribution in [0.25, 0.3) is 0 Å². The van der Waals surface area contributed by atoms with Crippen molar-refractivity contribution in [3.63, 3.8) is 0 Å². The van der Waals surface area contributed by atoms with Crippen molar-refractivity contribution >= 4 is 11.8 Å². The molecule has 32 heavy (non-hydrogen) atoms. The zero-order chi connectivity index (χ0) is 22.4. The number of fused-ring (bicyclic) bond motifs is 1. The summed E-state index contributed by atoms with van der Waals surface area (Å²) in [6, 6.07) is 8.15. The van der Waals surface area contributed by atoms with Crippen LogP contribution < -0.4 is 10.1 Å². The maximum atomic E-state index is 13.3. The highest BCUT2D eigenvalue weighted by Gasteiger charge is 2.42. The molecule has 1 aromatic carbocycles. The van der Waals surface area contributed by atoms with Crippen molar-refractivity contribution in [1.82, 2.24) is 19.8 Å². The van der Waals surface area contributed by atoms with Gasteiger partial charge in [0, 0.05) is 31.9 Å². The Kier molecular flexibility index (Phi) is 7.12. The lowest BCUT2D eigenvalue weighted by Crippen LogP contribution is -2.54. The molecule has 2 amide bonds. The van der Waals surface area contributed by atoms with Crippen molar-refractivity contribution in [3.05, 3.63) is 48.0 Å². The minimum absolute atomic E-state index is 0.0596. The number of ether oxygens (including phenoxy) is 1. The third kappa shape index (κ3) is 4.97. The summed E-state index contributed by atoms with van der Waals surface area (Å²) >= 11 is 0. The Bertz CT molecular complexity index is 941. The minimum atomic E-state index is -0.519. The number of piperidine rings is 1. The molecule has 4 rings (SSSR count). The van der Waals surface area contributed by atoms with Gasteiger partial charge in [0.15, 0.2) is 0 Å². The molecule has 2 aromatic rings. The van der Waals surface area contributed by atoms with Gasteiger partial charge in [-0.05, 0) is 43.7 Å². The lowest BCUT2D eigenvalue weighted by molar-refractivity contribution is -0.142. The number of hydrogen-bond acceptors (Lipinski definition) is 4. The number of carbonyl (C=O) groups is 2. The van der Waals surface area contributed by atoms with Crippen LogP contribution >= 0.6 is 0 Å². The molecule has 0 saturated carbocycles. The summed E-state index contributed by atoms with van der Waals surface area (Å²) in [6.07, 6.45) is 9.75. The molecule has 2 aliphatic rings. The van der Waals surface area contributed by atoms with E-state index in [1.54, 1.807) is 6.20 Å². The van der Waals surface area contributed by atoms with Gasteiger partial charge in [0.2, 0.25) is 11.8 Å². The summed E-state index contributed by atoms with van der Waals surface area (Å²) in [5, 5.41) is 3.10. The molecular weight excluding hydrogens is 404 g/mol. The first-order valence-electron chi connectivity index (χ1n) is 11.9. The van der Waals surface area contributed by atoms with Crippen LogP contribution in [0.2, 0.25) is 0 Å². The monoisotopic (exact) mass is 438 g/mol. The van der Waals surface area contributed by atoms with Crippen LogP contribution in [0, 0.1) is 5.41 Å². The van der Waals surface area contributed by atoms with Crippen molar-refractivity contribution in [1.29, 1.82) is 0 Å². The standard InChI is InChI=1S/C25H34N4O3/c1-2-22-26-13-16-28(22)18-23(30)29-15-7-12-25(19-29)11-6-5-9-20-8-3-4-10-21(20)32-17-14-27-24(25)31/h3-4,8,10,13,16H,2,5-7,9,11-12,14-15,17-19H2,1H3,(H,27,31). The smallest absolute Gasteiger partial charge is 0.242 e. The molecule has 172 valence electrons. The Balaban J connectivity index is 1.45. The van der Waals surface area contributed by atoms with E-state index < -0.39 is 5.41 Å². The zero-order valence-corrected chi connectivity index (χ0v) is 19.0. The van der Waals surface area contributed by atoms with Crippen molar-refractivity contribution in [3.8, 4) is 5.75 Å². The second kappa shape index (κ2) is 10.2. The van der Waals surface area contributed by atoms with E-state index >= 15 is 0 Å². The summed E-state index contributed by atoms with van der Waals surface area (Å²) in [5.74, 6) is 1.95. The molecule has 1 N–H and O–H groups in total. The molecule has 0 aliphatic carbocycles. The second-order valence-corrected chi connectivity index (χ2v) is 8.94. The van der Waals surface area contributed by atoms with Crippen LogP contribution in [-0.2, 0) is 29.0 Å². The zero-order valence-electron chi connectivity index (χ0n) is 19.0. The molecule has 0 radical (unpaired) electrons. The highest BCUT2D eigenvalue weighted by Crippen LogP contribution is 2.36. The number of amides is 2. The van der Waals surface area contributed by atoms with E-state index in [4.69, 9.17) is 4.74 Å². The van der Waals surface area contributed by atoms with Crippen LogP contribution in [0.3, 0.4) is 0 Å². The SMILES string of the molecule is CCc1nccn1CC(=O)N1CCCC2(CCCCc3ccccc3OCCNC2=O)C1. The number of benzene rings is 1. The highest BCUT2D eigenvalue weighted by molar-refractivity contribution is 5.84. The number of aryl methyl sites for hydroxylation is 2. The molecule has 1 unspecified atom stereocenters. The summed E-state index contributed by atoms with van der Waals surface area (Å²) in [4.78, 5) is 32.6. The van der Waals surface area contributed by atoms with E-state index in [2.05, 4.69) is 16.4 Å². The van der Waals surface area contributed by atoms with Crippen LogP contribution in [0.1, 0.15) is 50.4 Å². The first-order chi connectivity index (χ1) is 15.6. The Morgan fingerprint density at radius 2 is 2.06 bits per heavy atom. The fraction of sp³-hybridized carbons (Fsp3) is 0.560. The Labute approximate surface area is 190 Å². The third-order valence-electron chi connectivity index (χ3n) is 6.80. The largest absolute Gasteiger partial charge is 0.491 e. The maximum Gasteiger partial charge on any atom is 0.242 e. The molecule has 0 bridgehead atoms. The van der Waals surface area contributed by atoms with E-state index in [1.165, 1.54) is 5.56 Å². The normalized spacial score (nSPS) is 22.3. The quantitative estimate of drug-likeness (QED) is 0.799. The Morgan fingerprint density at radius 3 is 2.94 bits per heavy atom. The van der Waals surface area contributed by atoms with Crippen LogP contribution in [0.4, 0.5) is 0 Å². The van der Waals surface area contributed by atoms with Crippen molar-refractivity contribution in [2.45, 2.75) is 58.4 Å². The van der Waals surface area contributed by atoms with Crippen LogP contribution in [0.15, 0.2) is 36.7 Å². The minimum Gasteiger partial charge on any atom is -0.491 e. The number of rotatable bonds is 3. The number of para-hydroxylation sites is 1. The average Bonchev–Trinajstić information content (AvgIpc) is 3.26. The van der Waals surface area contributed by atoms with E-state index in [-0.39, 0.29) is 18.4 Å². The highest BCUT2D eigenvalue weighted by atomic mass is 16.5. The first-order valence-corrected chi connectivity index (χ1v) is 11.9. The maximum absolute atomic E-state index is 13.3. The van der Waals surface area contributed by atoms with Gasteiger partial charge in [0.25, 0.3) is 0 Å². The lowest BCUT2D eigenvalue weighted by atomic mass is 9.74. The summed E-state index contributed by atoms with van der Waals surface area (Å²) < 4.78 is 7.85. The van der Waals surface area contributed by atoms with E-state index in [0.717, 1.165) is 56.5 Å². The topological polar surface area (TPSA) is 76.5 Å². The first kappa shape index (κ1) is 22.4. The molecule has 1 spiro atoms. The van der Waals surface area contributed by atoms with Crippen LogP contribution in [-0.4, -0.2) is 52.5 Å². The van der Waals surface area contributed by atoms with Crippen molar-refractivity contribution < 1.29 is 14.3 Å². The van der Waals surface area contributed by atoms with Crippen molar-refractivity contribution in [2.75, 3.05) is 26.2 Å². The van der Waals surface area contributed by atoms with Gasteiger partial charge in [-0.2, -0.15) is 0 Å². The number of imidazole rings is 1. The van der Waals surface area contributed by atoms with E-state index in [0.29, 0.717) is 26.2 Å². The number of hydrogen-bond donors (Lipinski definition) is 1. The number of likely N-dealkylation sites (tertiary alicyclic amines) is 1. The Hall–Kier alpha value is -2.83. The second-order valence-electron chi connectivity index (χ2n) is 8.94. The van der Waals surface area contributed by atoms with E-state index in [1.807, 2.05) is 40.8 Å². The molecule has 7 heteroatoms. The third-order valence-corrected chi connectivity index (χ3v) is 6.80. The fourth-order valence-electron chi connectivity index (χ4n) is 5.03. The number of nitrogens with one attached hydrogen (secondary N) is 1. The average molecular weight is 439 g/mol. The van der Waals surface area contributed by atoms with Gasteiger partial charge >= 0.3 is 0 Å². The number of aromatic nitrogens is 2. The number of nitrogens with zero attached hydrogens (tertiary/aromatic N) is 3. The Morgan fingerprint density at radius 1 is 1.22 bits per heavy atom. The fourth-order valence-corrected chi connectivity index (χ4v) is 5.03. The van der Waals surface area contributed by atoms with Gasteiger partial charge in [-0.25, -0.2) is 4.98 Å². The predicted octanol–water partition coefficient (Wildman–Crippen LogP) is 2.98. The predicted molar refractivity (Wildman–Crippen MR) is 122 cm³/mol. The molecule has 3 heterocycles. The van der Waals surface area contributed by atoms with Gasteiger partial charge in [0.1, 0.15) is 24.7 Å².